The van der Waals surface area contributed by atoms with E-state index in [-0.39, 0.29) is 191 Å². The number of anilines is 2. The molecule has 29 heteroatoms. The molecule has 0 radical (unpaired) electrons. The number of ether oxygens (including phenoxy) is 12. The van der Waals surface area contributed by atoms with Gasteiger partial charge in [0.05, 0.1) is 178 Å². The molecule has 1 aliphatic rings. The smallest absolute Gasteiger partial charge is 0.870 e. The van der Waals surface area contributed by atoms with Crippen molar-refractivity contribution in [3.05, 3.63) is 147 Å². The third kappa shape index (κ3) is 39.7. The first kappa shape index (κ1) is 93.6. The second-order valence-corrected chi connectivity index (χ2v) is 21.9. The number of rotatable bonds is 46. The number of aromatic carboxylic acids is 2. The molecule has 1 N–H and O–H groups in total. The third-order valence-electron chi connectivity index (χ3n) is 14.7. The van der Waals surface area contributed by atoms with Gasteiger partial charge in [-0.25, -0.2) is 6.29 Å². The number of aromatic nitrogens is 3. The molecule has 4 heterocycles. The van der Waals surface area contributed by atoms with Crippen LogP contribution >= 0.6 is 0 Å². The number of hydrogen-bond acceptors (Lipinski definition) is 26. The molecule has 530 valence electrons. The summed E-state index contributed by atoms with van der Waals surface area (Å²) in [6, 6.07) is 27.6. The van der Waals surface area contributed by atoms with E-state index in [1.54, 1.807) is 40.6 Å². The zero-order valence-electron chi connectivity index (χ0n) is 59.5. The van der Waals surface area contributed by atoms with Gasteiger partial charge in [-0.2, -0.15) is 0 Å². The minimum Gasteiger partial charge on any atom is -0.870 e. The quantitative estimate of drug-likeness (QED) is 0.0151. The van der Waals surface area contributed by atoms with Crippen LogP contribution in [0.2, 0.25) is 0 Å². The molecule has 100 heavy (non-hydrogen) atoms. The number of carboxylic acid groups (broad SMARTS) is 2. The number of pyridine rings is 3. The second kappa shape index (κ2) is 58.6. The molecule has 26 nitrogen and oxygen atoms in total. The number of carbonyl (C=O) groups is 2. The molecule has 0 spiro atoms. The van der Waals surface area contributed by atoms with Crippen molar-refractivity contribution in [3.63, 3.8) is 0 Å². The van der Waals surface area contributed by atoms with Crippen LogP contribution < -0.4 is 174 Å². The van der Waals surface area contributed by atoms with Crippen molar-refractivity contribution in [2.24, 2.45) is 0 Å². The standard InChI is InChI=1S/C71H95N8O17.3K.H2O/c1-85-34-38-93-46-42-89-30-25-78(26-31-90-43-47-94-39-35-86-2)66-16-12-58(13-17-66)8-10-60-50-64(73-68(52-60)70(81)82)56-75-20-21-76(24-29-80)54-62-6-5-7-63(72-62)55-77(23-22-75)57-65-51-61(53-69(74-65)71(83)84)11-9-59-14-18-67(19-15-59)79(27-32-91-44-48-95-40-36-87-3)28-33-92-45-49-96-41-37-88-4;;;;/h5-7,12-19,50-53H,20-28,30-49,54-57H2,1-4H3,(H,81,82)(H,83,84);;;;1H2/q-1;3*+1;/p-3. The van der Waals surface area contributed by atoms with E-state index >= 15 is 0 Å². The van der Waals surface area contributed by atoms with E-state index in [9.17, 15) is 24.6 Å². The minimum atomic E-state index is -1.45. The van der Waals surface area contributed by atoms with Crippen molar-refractivity contribution in [1.82, 2.24) is 29.7 Å². The van der Waals surface area contributed by atoms with Crippen LogP contribution in [0, 0.1) is 23.7 Å². The Morgan fingerprint density at radius 3 is 1.08 bits per heavy atom. The summed E-state index contributed by atoms with van der Waals surface area (Å²) in [5.74, 6) is 9.84. The van der Waals surface area contributed by atoms with Crippen LogP contribution in [0.4, 0.5) is 11.4 Å². The molecule has 2 aromatic carbocycles. The van der Waals surface area contributed by atoms with Crippen LogP contribution in [0.25, 0.3) is 0 Å². The van der Waals surface area contributed by atoms with E-state index < -0.39 is 11.9 Å². The summed E-state index contributed by atoms with van der Waals surface area (Å²) >= 11 is 0. The van der Waals surface area contributed by atoms with Crippen molar-refractivity contribution in [2.45, 2.75) is 26.2 Å². The van der Waals surface area contributed by atoms with Gasteiger partial charge in [-0.05, 0) is 84.9 Å². The minimum absolute atomic E-state index is 0. The van der Waals surface area contributed by atoms with E-state index in [1.807, 2.05) is 77.9 Å². The molecule has 0 saturated carbocycles. The van der Waals surface area contributed by atoms with E-state index in [0.29, 0.717) is 231 Å². The molecule has 0 atom stereocenters. The van der Waals surface area contributed by atoms with Crippen LogP contribution in [0.5, 0.6) is 0 Å². The van der Waals surface area contributed by atoms with Gasteiger partial charge in [-0.15, -0.1) is 0 Å². The maximum absolute atomic E-state index is 12.5. The molecule has 0 amide bonds. The van der Waals surface area contributed by atoms with Crippen molar-refractivity contribution >= 4 is 29.6 Å². The summed E-state index contributed by atoms with van der Waals surface area (Å²) in [6.45, 7) is 14.9. The van der Waals surface area contributed by atoms with Gasteiger partial charge in [0.2, 0.25) is 0 Å². The summed E-state index contributed by atoms with van der Waals surface area (Å²) in [5.41, 5.74) is 6.01. The Morgan fingerprint density at radius 1 is 0.420 bits per heavy atom. The Labute approximate surface area is 717 Å². The third-order valence-corrected chi connectivity index (χ3v) is 14.7. The van der Waals surface area contributed by atoms with Crippen molar-refractivity contribution < 1.29 is 241 Å². The molecule has 2 bridgehead atoms. The first-order valence-corrected chi connectivity index (χ1v) is 32.3. The molecule has 1 aliphatic heterocycles. The summed E-state index contributed by atoms with van der Waals surface area (Å²) in [7, 11) is 6.52. The monoisotopic (exact) mass is 1460 g/mol. The van der Waals surface area contributed by atoms with Gasteiger partial charge in [0.25, 0.3) is 0 Å². The van der Waals surface area contributed by atoms with Crippen molar-refractivity contribution in [3.8, 4) is 23.7 Å². The number of carbonyl (C=O) groups excluding carboxylic acids is 3. The van der Waals surface area contributed by atoms with Gasteiger partial charge in [-0.1, -0.05) is 36.3 Å². The van der Waals surface area contributed by atoms with Gasteiger partial charge in [0, 0.05) is 141 Å². The van der Waals surface area contributed by atoms with E-state index in [4.69, 9.17) is 61.8 Å². The Hall–Kier alpha value is -2.51. The summed E-state index contributed by atoms with van der Waals surface area (Å²) < 4.78 is 65.9. The molecule has 6 rings (SSSR count). The van der Waals surface area contributed by atoms with Gasteiger partial charge in [-0.3, -0.25) is 24.8 Å². The maximum atomic E-state index is 12.5. The van der Waals surface area contributed by atoms with Crippen molar-refractivity contribution in [1.29, 1.82) is 0 Å². The largest absolute Gasteiger partial charge is 1.00 e. The van der Waals surface area contributed by atoms with Crippen LogP contribution in [0.3, 0.4) is 0 Å². The van der Waals surface area contributed by atoms with Crippen LogP contribution in [0.15, 0.2) is 91.0 Å². The maximum Gasteiger partial charge on any atom is 1.00 e. The predicted molar refractivity (Wildman–Crippen MR) is 357 cm³/mol. The Kier molecular flexibility index (Phi) is 54.9. The first-order chi connectivity index (χ1) is 47.0. The van der Waals surface area contributed by atoms with Gasteiger partial charge in [0.1, 0.15) is 0 Å². The average Bonchev–Trinajstić information content (AvgIpc) is 0.852. The molecule has 3 aromatic heterocycles. The van der Waals surface area contributed by atoms with Gasteiger partial charge >= 0.3 is 154 Å². The normalized spacial score (nSPS) is 12.5. The fourth-order valence-electron chi connectivity index (χ4n) is 9.76. The molecule has 0 aliphatic carbocycles. The van der Waals surface area contributed by atoms with Crippen molar-refractivity contribution in [2.75, 3.05) is 229 Å². The molecular formula is C71H94K3N8O18-. The Morgan fingerprint density at radius 2 is 0.730 bits per heavy atom. The number of benzene rings is 2. The van der Waals surface area contributed by atoms with Crippen LogP contribution in [-0.2, 0) is 87.8 Å². The number of hydrogen-bond donors (Lipinski definition) is 0. The SMILES string of the molecule is COCCOCCOCCN(CCOCCOCCOC)c1ccc(C#Cc2cc(CN3CCN(C[C-]=O)Cc4cccc(n4)CN(Cc4cc(C#Cc5ccc(N(CCOCCOCCOC)CCOCCOCCOC)cc5)cc(C(=O)[O-])n4)CC3)nc(C(=O)[O-])c2)cc1.[K+].[K+].[K+].[OH-]. The van der Waals surface area contributed by atoms with E-state index in [1.165, 1.54) is 12.1 Å². The van der Waals surface area contributed by atoms with Gasteiger partial charge in [0.15, 0.2) is 0 Å². The number of nitrogens with zero attached hydrogens (tertiary/aromatic N) is 8. The summed E-state index contributed by atoms with van der Waals surface area (Å²) in [5, 5.41) is 25.1. The second-order valence-electron chi connectivity index (χ2n) is 21.9. The molecule has 5 aromatic rings. The van der Waals surface area contributed by atoms with E-state index in [2.05, 4.69) is 53.2 Å². The fraction of sp³-hybridized carbons (Fsp3) is 0.521. The Balaban J connectivity index is 0.00000850. The number of carboxylic acids is 2. The molecule has 0 unspecified atom stereocenters. The Bertz CT molecular complexity index is 3130. The first-order valence-electron chi connectivity index (χ1n) is 32.3. The van der Waals surface area contributed by atoms with Crippen LogP contribution in [0.1, 0.15) is 66.0 Å². The molecule has 0 fully saturated rings. The molecular weight excluding hydrogens is 1370 g/mol. The topological polar surface area (TPSA) is 293 Å². The predicted octanol–water partition coefficient (Wildman–Crippen LogP) is -7.01. The number of fused-ring (bicyclic) bond motifs is 2. The van der Waals surface area contributed by atoms with E-state index in [0.717, 1.165) is 22.8 Å². The summed E-state index contributed by atoms with van der Waals surface area (Å²) in [4.78, 5) is 61.5. The fourth-order valence-corrected chi connectivity index (χ4v) is 9.76. The summed E-state index contributed by atoms with van der Waals surface area (Å²) in [6.07, 6.45) is 2.04. The molecule has 0 saturated heterocycles. The number of methoxy groups -OCH3 is 4. The average molecular weight is 1460 g/mol. The zero-order chi connectivity index (χ0) is 68.1. The van der Waals surface area contributed by atoms with Gasteiger partial charge < -0.3 is 102 Å². The van der Waals surface area contributed by atoms with Crippen LogP contribution in [-0.4, -0.2) is 273 Å². The zero-order valence-corrected chi connectivity index (χ0v) is 68.8.